The topological polar surface area (TPSA) is 38.9 Å². The second-order valence-electron chi connectivity index (χ2n) is 5.96. The molecule has 3 heteroatoms. The van der Waals surface area contributed by atoms with E-state index < -0.39 is 0 Å². The minimum atomic E-state index is 0.0579. The Bertz CT molecular complexity index is 562. The molecule has 0 radical (unpaired) electrons. The van der Waals surface area contributed by atoms with E-state index in [1.54, 1.807) is 0 Å². The number of aryl methyl sites for hydroxylation is 2. The molecule has 0 saturated carbocycles. The summed E-state index contributed by atoms with van der Waals surface area (Å²) < 4.78 is 0. The van der Waals surface area contributed by atoms with Crippen LogP contribution in [-0.4, -0.2) is 4.98 Å². The maximum Gasteiger partial charge on any atom is 0.0950 e. The van der Waals surface area contributed by atoms with Crippen LogP contribution in [0.25, 0.3) is 0 Å². The van der Waals surface area contributed by atoms with Gasteiger partial charge in [0.1, 0.15) is 0 Å². The Hall–Kier alpha value is -1.19. The number of rotatable bonds is 4. The summed E-state index contributed by atoms with van der Waals surface area (Å²) >= 11 is 1.86. The molecule has 0 amide bonds. The number of aromatic nitrogens is 1. The molecule has 1 unspecified atom stereocenters. The third-order valence-corrected chi connectivity index (χ3v) is 5.25. The van der Waals surface area contributed by atoms with Crippen LogP contribution in [0.2, 0.25) is 0 Å². The van der Waals surface area contributed by atoms with E-state index in [1.807, 2.05) is 11.3 Å². The molecular weight excluding hydrogens is 264 g/mol. The fourth-order valence-corrected chi connectivity index (χ4v) is 3.98. The normalized spacial score (nSPS) is 15.6. The summed E-state index contributed by atoms with van der Waals surface area (Å²) in [5, 5.41) is 1.20. The zero-order valence-electron chi connectivity index (χ0n) is 12.2. The van der Waals surface area contributed by atoms with Crippen molar-refractivity contribution in [3.05, 3.63) is 51.0 Å². The van der Waals surface area contributed by atoms with Gasteiger partial charge in [0.05, 0.1) is 10.7 Å². The molecule has 2 N–H and O–H groups in total. The summed E-state index contributed by atoms with van der Waals surface area (Å²) in [4.78, 5) is 6.23. The van der Waals surface area contributed by atoms with Crippen molar-refractivity contribution in [2.24, 2.45) is 5.73 Å². The largest absolute Gasteiger partial charge is 0.324 e. The van der Waals surface area contributed by atoms with Crippen molar-refractivity contribution in [3.8, 4) is 0 Å². The Morgan fingerprint density at radius 1 is 1.15 bits per heavy atom. The SMILES string of the molecule is CC(C)c1ccc(C(N)Cc2nc3c(s2)CCC3)cc1. The predicted octanol–water partition coefficient (Wildman–Crippen LogP) is 4.00. The van der Waals surface area contributed by atoms with Crippen LogP contribution >= 0.6 is 11.3 Å². The van der Waals surface area contributed by atoms with Crippen molar-refractivity contribution in [2.75, 3.05) is 0 Å². The van der Waals surface area contributed by atoms with Gasteiger partial charge in [0.25, 0.3) is 0 Å². The van der Waals surface area contributed by atoms with Gasteiger partial charge in [-0.3, -0.25) is 0 Å². The molecule has 2 nitrogen and oxygen atoms in total. The number of nitrogens with two attached hydrogens (primary N) is 1. The van der Waals surface area contributed by atoms with Gasteiger partial charge in [0.2, 0.25) is 0 Å². The highest BCUT2D eigenvalue weighted by molar-refractivity contribution is 7.11. The fourth-order valence-electron chi connectivity index (χ4n) is 2.77. The van der Waals surface area contributed by atoms with Gasteiger partial charge in [-0.2, -0.15) is 0 Å². The number of benzene rings is 1. The molecule has 106 valence electrons. The van der Waals surface area contributed by atoms with Crippen molar-refractivity contribution in [2.45, 2.75) is 51.5 Å². The molecule has 1 heterocycles. The number of nitrogens with zero attached hydrogens (tertiary/aromatic N) is 1. The van der Waals surface area contributed by atoms with E-state index in [2.05, 4.69) is 38.1 Å². The molecule has 0 bridgehead atoms. The summed E-state index contributed by atoms with van der Waals surface area (Å²) in [5.41, 5.74) is 10.2. The standard InChI is InChI=1S/C17H22N2S/c1-11(2)12-6-8-13(9-7-12)14(18)10-17-19-15-4-3-5-16(15)20-17/h6-9,11,14H,3-5,10,18H2,1-2H3. The van der Waals surface area contributed by atoms with Gasteiger partial charge in [-0.15, -0.1) is 11.3 Å². The minimum Gasteiger partial charge on any atom is -0.324 e. The maximum atomic E-state index is 6.34. The van der Waals surface area contributed by atoms with E-state index in [1.165, 1.54) is 39.5 Å². The quantitative estimate of drug-likeness (QED) is 0.922. The monoisotopic (exact) mass is 286 g/mol. The fraction of sp³-hybridized carbons (Fsp3) is 0.471. The molecule has 1 atom stereocenters. The van der Waals surface area contributed by atoms with Crippen LogP contribution in [0.3, 0.4) is 0 Å². The van der Waals surface area contributed by atoms with Gasteiger partial charge < -0.3 is 5.73 Å². The van der Waals surface area contributed by atoms with Crippen molar-refractivity contribution < 1.29 is 0 Å². The van der Waals surface area contributed by atoms with Gasteiger partial charge >= 0.3 is 0 Å². The second kappa shape index (κ2) is 5.66. The minimum absolute atomic E-state index is 0.0579. The lowest BCUT2D eigenvalue weighted by Gasteiger charge is -2.12. The Morgan fingerprint density at radius 2 is 1.85 bits per heavy atom. The first-order valence-corrected chi connectivity index (χ1v) is 8.28. The van der Waals surface area contributed by atoms with Crippen molar-refractivity contribution in [1.82, 2.24) is 4.98 Å². The average Bonchev–Trinajstić information content (AvgIpc) is 2.99. The van der Waals surface area contributed by atoms with Crippen LogP contribution in [0.1, 0.15) is 58.9 Å². The number of fused-ring (bicyclic) bond motifs is 1. The molecule has 1 aromatic heterocycles. The summed E-state index contributed by atoms with van der Waals surface area (Å²) in [6.07, 6.45) is 4.51. The van der Waals surface area contributed by atoms with E-state index in [0.717, 1.165) is 12.8 Å². The molecule has 1 aliphatic carbocycles. The van der Waals surface area contributed by atoms with Crippen molar-refractivity contribution in [3.63, 3.8) is 0 Å². The molecule has 1 aromatic carbocycles. The lowest BCUT2D eigenvalue weighted by Crippen LogP contribution is -2.13. The lowest BCUT2D eigenvalue weighted by molar-refractivity contribution is 0.713. The van der Waals surface area contributed by atoms with Crippen LogP contribution in [0.15, 0.2) is 24.3 Å². The van der Waals surface area contributed by atoms with Crippen molar-refractivity contribution in [1.29, 1.82) is 0 Å². The molecule has 3 rings (SSSR count). The zero-order valence-corrected chi connectivity index (χ0v) is 13.0. The van der Waals surface area contributed by atoms with E-state index in [-0.39, 0.29) is 6.04 Å². The third-order valence-electron chi connectivity index (χ3n) is 4.07. The molecule has 0 spiro atoms. The Morgan fingerprint density at radius 3 is 2.50 bits per heavy atom. The molecular formula is C17H22N2S. The highest BCUT2D eigenvalue weighted by Crippen LogP contribution is 2.29. The van der Waals surface area contributed by atoms with Crippen LogP contribution in [0, 0.1) is 0 Å². The third kappa shape index (κ3) is 2.79. The van der Waals surface area contributed by atoms with Crippen LogP contribution < -0.4 is 5.73 Å². The highest BCUT2D eigenvalue weighted by Gasteiger charge is 2.18. The first-order chi connectivity index (χ1) is 9.63. The second-order valence-corrected chi connectivity index (χ2v) is 7.13. The smallest absolute Gasteiger partial charge is 0.0950 e. The van der Waals surface area contributed by atoms with Crippen LogP contribution in [-0.2, 0) is 19.3 Å². The Balaban J connectivity index is 1.70. The Kier molecular flexibility index (Phi) is 3.90. The van der Waals surface area contributed by atoms with Crippen LogP contribution in [0.4, 0.5) is 0 Å². The highest BCUT2D eigenvalue weighted by atomic mass is 32.1. The molecule has 1 aliphatic rings. The number of hydrogen-bond acceptors (Lipinski definition) is 3. The summed E-state index contributed by atoms with van der Waals surface area (Å²) in [6, 6.07) is 8.79. The first kappa shape index (κ1) is 13.8. The molecule has 0 fully saturated rings. The van der Waals surface area contributed by atoms with E-state index >= 15 is 0 Å². The van der Waals surface area contributed by atoms with Gasteiger partial charge in [0.15, 0.2) is 0 Å². The van der Waals surface area contributed by atoms with Gasteiger partial charge in [-0.1, -0.05) is 38.1 Å². The summed E-state index contributed by atoms with van der Waals surface area (Å²) in [6.45, 7) is 4.43. The van der Waals surface area contributed by atoms with E-state index in [4.69, 9.17) is 10.7 Å². The molecule has 2 aromatic rings. The first-order valence-electron chi connectivity index (χ1n) is 7.46. The summed E-state index contributed by atoms with van der Waals surface area (Å²) in [5.74, 6) is 0.571. The van der Waals surface area contributed by atoms with Gasteiger partial charge in [0, 0.05) is 17.3 Å². The average molecular weight is 286 g/mol. The molecule has 20 heavy (non-hydrogen) atoms. The number of thiazole rings is 1. The van der Waals surface area contributed by atoms with E-state index in [0.29, 0.717) is 5.92 Å². The predicted molar refractivity (Wildman–Crippen MR) is 85.3 cm³/mol. The van der Waals surface area contributed by atoms with Gasteiger partial charge in [-0.05, 0) is 36.3 Å². The van der Waals surface area contributed by atoms with Gasteiger partial charge in [-0.25, -0.2) is 4.98 Å². The van der Waals surface area contributed by atoms with Crippen molar-refractivity contribution >= 4 is 11.3 Å². The zero-order chi connectivity index (χ0) is 14.1. The molecule has 0 aliphatic heterocycles. The van der Waals surface area contributed by atoms with Crippen LogP contribution in [0.5, 0.6) is 0 Å². The maximum absolute atomic E-state index is 6.34. The number of hydrogen-bond donors (Lipinski definition) is 1. The summed E-state index contributed by atoms with van der Waals surface area (Å²) in [7, 11) is 0. The Labute approximate surface area is 125 Å². The van der Waals surface area contributed by atoms with E-state index in [9.17, 15) is 0 Å². The molecule has 0 saturated heterocycles. The lowest BCUT2D eigenvalue weighted by atomic mass is 9.98.